The van der Waals surface area contributed by atoms with Gasteiger partial charge in [0, 0.05) is 26.5 Å². The lowest BCUT2D eigenvalue weighted by Gasteiger charge is -2.22. The number of amides is 1. The Bertz CT molecular complexity index is 1590. The van der Waals surface area contributed by atoms with Gasteiger partial charge < -0.3 is 9.64 Å². The minimum atomic E-state index is -3.89. The van der Waals surface area contributed by atoms with Crippen molar-refractivity contribution in [3.8, 4) is 0 Å². The average Bonchev–Trinajstić information content (AvgIpc) is 3.55. The zero-order valence-corrected chi connectivity index (χ0v) is 23.6. The maximum Gasteiger partial charge on any atom is 0.302 e. The molecular weight excluding hydrogens is 562 g/mol. The summed E-state index contributed by atoms with van der Waals surface area (Å²) < 4.78 is 35.6. The summed E-state index contributed by atoms with van der Waals surface area (Å²) in [5, 5.41) is 0. The quantitative estimate of drug-likeness (QED) is 0.327. The van der Waals surface area contributed by atoms with Gasteiger partial charge in [0.1, 0.15) is 16.5 Å². The Hall–Kier alpha value is -3.25. The monoisotopic (exact) mass is 589 g/mol. The number of carbonyl (C=O) groups is 2. The number of aryl methyl sites for hydroxylation is 1. The van der Waals surface area contributed by atoms with Crippen LogP contribution in [0.4, 0.5) is 0 Å². The van der Waals surface area contributed by atoms with Crippen molar-refractivity contribution in [2.75, 3.05) is 6.54 Å². The van der Waals surface area contributed by atoms with E-state index < -0.39 is 28.1 Å². The zero-order valence-electron chi connectivity index (χ0n) is 21.2. The summed E-state index contributed by atoms with van der Waals surface area (Å²) in [6.07, 6.45) is 2.91. The van der Waals surface area contributed by atoms with Gasteiger partial charge in [-0.3, -0.25) is 14.0 Å². The van der Waals surface area contributed by atoms with E-state index in [0.29, 0.717) is 27.9 Å². The lowest BCUT2D eigenvalue weighted by atomic mass is 10.2. The number of ether oxygens (including phenoxy) is 1. The molecule has 4 heterocycles. The number of carbonyl (C=O) groups excluding carboxylic acids is 2. The smallest absolute Gasteiger partial charge is 0.302 e. The summed E-state index contributed by atoms with van der Waals surface area (Å²) >= 11 is 3.47. The van der Waals surface area contributed by atoms with Gasteiger partial charge in [0.25, 0.3) is 10.0 Å². The molecule has 0 radical (unpaired) electrons. The molecule has 0 N–H and O–H groups in total. The van der Waals surface area contributed by atoms with Crippen molar-refractivity contribution >= 4 is 54.5 Å². The summed E-state index contributed by atoms with van der Waals surface area (Å²) in [6, 6.07) is 7.80. The summed E-state index contributed by atoms with van der Waals surface area (Å²) in [5.74, 6) is -0.0738. The van der Waals surface area contributed by atoms with Crippen molar-refractivity contribution in [1.29, 1.82) is 0 Å². The summed E-state index contributed by atoms with van der Waals surface area (Å²) in [7, 11) is -3.89. The van der Waals surface area contributed by atoms with Crippen LogP contribution < -0.4 is 0 Å². The Balaban J connectivity index is 0.00000156. The first-order valence-corrected chi connectivity index (χ1v) is 14.1. The molecule has 1 aliphatic rings. The van der Waals surface area contributed by atoms with E-state index in [9.17, 15) is 18.0 Å². The third-order valence-corrected chi connectivity index (χ3v) is 8.39. The fourth-order valence-electron chi connectivity index (χ4n) is 4.56. The summed E-state index contributed by atoms with van der Waals surface area (Å²) in [5.41, 5.74) is 2.32. The van der Waals surface area contributed by atoms with E-state index in [1.165, 1.54) is 20.0 Å². The van der Waals surface area contributed by atoms with Crippen LogP contribution in [-0.4, -0.2) is 56.2 Å². The lowest BCUT2D eigenvalue weighted by Crippen LogP contribution is -2.31. The van der Waals surface area contributed by atoms with Crippen molar-refractivity contribution < 1.29 is 22.7 Å². The topological polar surface area (TPSA) is 116 Å². The van der Waals surface area contributed by atoms with E-state index in [1.54, 1.807) is 45.8 Å². The molecule has 1 aliphatic heterocycles. The standard InChI is InChI=1S/C23H22BrN5O5S.C2H6/c1-13-4-6-17(7-5-13)35(32,33)28-9-8-18-22(28)25-11-20-21(24)26-23(29(18)20)19-10-16(34-15(3)31)12-27(19)14(2)30;1-2/h4-9,11,16,19H,10,12H2,1-3H3;1-2H3/t16-,19-;/m1./s1. The Morgan fingerprint density at radius 1 is 1.08 bits per heavy atom. The first kappa shape index (κ1) is 26.8. The van der Waals surface area contributed by atoms with Gasteiger partial charge in [-0.05, 0) is 41.1 Å². The first-order valence-electron chi connectivity index (χ1n) is 11.9. The fourth-order valence-corrected chi connectivity index (χ4v) is 6.31. The molecule has 0 bridgehead atoms. The number of rotatable bonds is 4. The van der Waals surface area contributed by atoms with Crippen molar-refractivity contribution in [2.45, 2.75) is 58.1 Å². The number of benzene rings is 1. The van der Waals surface area contributed by atoms with Crippen molar-refractivity contribution in [3.05, 3.63) is 58.7 Å². The largest absolute Gasteiger partial charge is 0.461 e. The van der Waals surface area contributed by atoms with Crippen molar-refractivity contribution in [1.82, 2.24) is 23.2 Å². The average molecular weight is 590 g/mol. The third-order valence-electron chi connectivity index (χ3n) is 6.13. The van der Waals surface area contributed by atoms with Crippen LogP contribution in [0.1, 0.15) is 51.5 Å². The number of hydrogen-bond donors (Lipinski definition) is 0. The second kappa shape index (κ2) is 10.3. The normalized spacial score (nSPS) is 17.6. The molecule has 5 rings (SSSR count). The third kappa shape index (κ3) is 4.75. The summed E-state index contributed by atoms with van der Waals surface area (Å²) in [4.78, 5) is 34.8. The van der Waals surface area contributed by atoms with E-state index >= 15 is 0 Å². The molecule has 0 unspecified atom stereocenters. The highest BCUT2D eigenvalue weighted by atomic mass is 79.9. The SMILES string of the molecule is CC.CC(=O)O[C@@H]1C[C@H](c2nc(Br)c3cnc4c(ccn4S(=O)(=O)c4ccc(C)cc4)n23)N(C(C)=O)C1. The second-order valence-electron chi connectivity index (χ2n) is 8.53. The van der Waals surface area contributed by atoms with E-state index in [1.807, 2.05) is 20.8 Å². The number of likely N-dealkylation sites (tertiary alicyclic amines) is 1. The molecule has 196 valence electrons. The van der Waals surface area contributed by atoms with Crippen LogP contribution in [0.2, 0.25) is 0 Å². The van der Waals surface area contributed by atoms with Gasteiger partial charge in [0.05, 0.1) is 34.7 Å². The number of hydrogen-bond acceptors (Lipinski definition) is 7. The maximum atomic E-state index is 13.4. The molecule has 1 fully saturated rings. The van der Waals surface area contributed by atoms with Crippen LogP contribution in [0, 0.1) is 6.92 Å². The van der Waals surface area contributed by atoms with Crippen molar-refractivity contribution in [3.63, 3.8) is 0 Å². The Morgan fingerprint density at radius 3 is 2.38 bits per heavy atom. The lowest BCUT2D eigenvalue weighted by molar-refractivity contribution is -0.146. The van der Waals surface area contributed by atoms with Gasteiger partial charge in [0.15, 0.2) is 5.65 Å². The molecule has 1 saturated heterocycles. The molecular formula is C25H28BrN5O5S. The fraction of sp³-hybridized carbons (Fsp3) is 0.360. The molecule has 37 heavy (non-hydrogen) atoms. The van der Waals surface area contributed by atoms with Gasteiger partial charge in [0.2, 0.25) is 5.91 Å². The van der Waals surface area contributed by atoms with E-state index in [-0.39, 0.29) is 23.0 Å². The van der Waals surface area contributed by atoms with Crippen LogP contribution in [0.5, 0.6) is 0 Å². The zero-order chi connectivity index (χ0) is 27.1. The second-order valence-corrected chi connectivity index (χ2v) is 11.1. The van der Waals surface area contributed by atoms with E-state index in [2.05, 4.69) is 25.9 Å². The Labute approximate surface area is 223 Å². The van der Waals surface area contributed by atoms with E-state index in [4.69, 9.17) is 4.74 Å². The number of fused-ring (bicyclic) bond motifs is 3. The minimum absolute atomic E-state index is 0.150. The molecule has 10 nitrogen and oxygen atoms in total. The molecule has 4 aromatic rings. The highest BCUT2D eigenvalue weighted by Crippen LogP contribution is 2.37. The summed E-state index contributed by atoms with van der Waals surface area (Å²) in [6.45, 7) is 8.93. The van der Waals surface area contributed by atoms with Crippen LogP contribution in [0.15, 0.2) is 52.2 Å². The molecule has 1 aromatic carbocycles. The minimum Gasteiger partial charge on any atom is -0.461 e. The first-order chi connectivity index (χ1) is 17.6. The van der Waals surface area contributed by atoms with Gasteiger partial charge >= 0.3 is 5.97 Å². The van der Waals surface area contributed by atoms with Crippen LogP contribution in [0.3, 0.4) is 0 Å². The molecule has 2 atom stereocenters. The van der Waals surface area contributed by atoms with Crippen LogP contribution in [0.25, 0.3) is 16.7 Å². The maximum absolute atomic E-state index is 13.4. The molecule has 0 aliphatic carbocycles. The predicted octanol–water partition coefficient (Wildman–Crippen LogP) is 4.24. The number of nitrogens with zero attached hydrogens (tertiary/aromatic N) is 5. The molecule has 0 saturated carbocycles. The van der Waals surface area contributed by atoms with Gasteiger partial charge in [-0.25, -0.2) is 22.4 Å². The van der Waals surface area contributed by atoms with Crippen LogP contribution in [-0.2, 0) is 24.3 Å². The van der Waals surface area contributed by atoms with Gasteiger partial charge in [-0.2, -0.15) is 0 Å². The molecule has 0 spiro atoms. The number of halogens is 1. The van der Waals surface area contributed by atoms with E-state index in [0.717, 1.165) is 9.54 Å². The molecule has 3 aromatic heterocycles. The van der Waals surface area contributed by atoms with Crippen molar-refractivity contribution in [2.24, 2.45) is 0 Å². The number of esters is 1. The molecule has 1 amide bonds. The predicted molar refractivity (Wildman–Crippen MR) is 142 cm³/mol. The Kier molecular flexibility index (Phi) is 7.43. The highest BCUT2D eigenvalue weighted by molar-refractivity contribution is 9.10. The number of aromatic nitrogens is 4. The van der Waals surface area contributed by atoms with Crippen LogP contribution >= 0.6 is 15.9 Å². The number of imidazole rings is 1. The highest BCUT2D eigenvalue weighted by Gasteiger charge is 2.39. The van der Waals surface area contributed by atoms with Gasteiger partial charge in [-0.1, -0.05) is 31.5 Å². The Morgan fingerprint density at radius 2 is 1.76 bits per heavy atom. The molecule has 12 heteroatoms. The van der Waals surface area contributed by atoms with Gasteiger partial charge in [-0.15, -0.1) is 0 Å².